The highest BCUT2D eigenvalue weighted by Gasteiger charge is 2.15. The number of nitrogens with one attached hydrogen (secondary N) is 1. The predicted octanol–water partition coefficient (Wildman–Crippen LogP) is 4.46. The molecule has 0 saturated heterocycles. The Morgan fingerprint density at radius 2 is 1.80 bits per heavy atom. The zero-order valence-corrected chi connectivity index (χ0v) is 15.2. The van der Waals surface area contributed by atoms with Crippen LogP contribution in [0.25, 0.3) is 6.08 Å². The summed E-state index contributed by atoms with van der Waals surface area (Å²) in [5.41, 5.74) is 3.96. The molecule has 0 aliphatic rings. The molecule has 2 aromatic carbocycles. The second-order valence-corrected chi connectivity index (χ2v) is 5.72. The second kappa shape index (κ2) is 8.38. The van der Waals surface area contributed by atoms with E-state index in [0.717, 1.165) is 23.2 Å². The van der Waals surface area contributed by atoms with Crippen molar-refractivity contribution in [2.24, 2.45) is 0 Å². The van der Waals surface area contributed by atoms with Gasteiger partial charge in [-0.15, -0.1) is 0 Å². The van der Waals surface area contributed by atoms with Crippen molar-refractivity contribution in [2.45, 2.75) is 26.7 Å². The average molecular weight is 339 g/mol. The maximum Gasteiger partial charge on any atom is 0.185 e. The predicted molar refractivity (Wildman–Crippen MR) is 103 cm³/mol. The Morgan fingerprint density at radius 1 is 1.16 bits per heavy atom. The van der Waals surface area contributed by atoms with Crippen molar-refractivity contribution in [3.63, 3.8) is 0 Å². The van der Waals surface area contributed by atoms with Gasteiger partial charge in [-0.25, -0.2) is 0 Å². The Hall–Kier alpha value is -2.75. The van der Waals surface area contributed by atoms with Crippen LogP contribution in [0.5, 0.6) is 11.5 Å². The van der Waals surface area contributed by atoms with E-state index in [4.69, 9.17) is 4.74 Å². The highest BCUT2D eigenvalue weighted by atomic mass is 16.5. The number of aromatic hydroxyl groups is 1. The zero-order valence-electron chi connectivity index (χ0n) is 15.2. The molecule has 0 fully saturated rings. The van der Waals surface area contributed by atoms with E-state index in [1.54, 1.807) is 25.3 Å². The van der Waals surface area contributed by atoms with E-state index in [9.17, 15) is 9.90 Å². The fraction of sp³-hybridized carbons (Fsp3) is 0.286. The van der Waals surface area contributed by atoms with Crippen molar-refractivity contribution in [3.05, 3.63) is 58.7 Å². The molecule has 0 bridgehead atoms. The smallest absolute Gasteiger partial charge is 0.185 e. The first-order valence-corrected chi connectivity index (χ1v) is 8.47. The van der Waals surface area contributed by atoms with Gasteiger partial charge in [0.05, 0.1) is 12.7 Å². The molecule has 0 heterocycles. The van der Waals surface area contributed by atoms with Gasteiger partial charge in [0, 0.05) is 18.3 Å². The fourth-order valence-corrected chi connectivity index (χ4v) is 2.78. The highest BCUT2D eigenvalue weighted by molar-refractivity contribution is 6.07. The molecule has 25 heavy (non-hydrogen) atoms. The lowest BCUT2D eigenvalue weighted by Gasteiger charge is -2.15. The van der Waals surface area contributed by atoms with Crippen LogP contribution < -0.4 is 10.1 Å². The average Bonchev–Trinajstić information content (AvgIpc) is 2.66. The number of ether oxygens (including phenoxy) is 1. The van der Waals surface area contributed by atoms with Crippen LogP contribution in [0.4, 0.5) is 5.69 Å². The van der Waals surface area contributed by atoms with Crippen LogP contribution >= 0.6 is 0 Å². The molecule has 0 amide bonds. The topological polar surface area (TPSA) is 58.6 Å². The number of hydrogen-bond donors (Lipinski definition) is 2. The molecular formula is C21H25NO3. The molecule has 0 saturated carbocycles. The standard InChI is InChI=1S/C21H25NO3/c1-5-14-13-15(6-2)21(25-4)18(20(14)24)11-12-19(23)16-7-9-17(22-3)10-8-16/h7-13,22,24H,5-6H2,1-4H3/b12-11+. The molecule has 0 unspecified atom stereocenters. The quantitative estimate of drug-likeness (QED) is 0.577. The van der Waals surface area contributed by atoms with Gasteiger partial charge < -0.3 is 15.2 Å². The van der Waals surface area contributed by atoms with Gasteiger partial charge in [0.1, 0.15) is 11.5 Å². The van der Waals surface area contributed by atoms with Crippen LogP contribution in [0.15, 0.2) is 36.4 Å². The number of benzene rings is 2. The van der Waals surface area contributed by atoms with Gasteiger partial charge in [0.15, 0.2) is 5.78 Å². The molecule has 2 rings (SSSR count). The fourth-order valence-electron chi connectivity index (χ4n) is 2.78. The normalized spacial score (nSPS) is 10.9. The van der Waals surface area contributed by atoms with Gasteiger partial charge >= 0.3 is 0 Å². The van der Waals surface area contributed by atoms with Crippen LogP contribution in [-0.4, -0.2) is 25.0 Å². The number of hydrogen-bond acceptors (Lipinski definition) is 4. The van der Waals surface area contributed by atoms with E-state index in [0.29, 0.717) is 23.3 Å². The van der Waals surface area contributed by atoms with E-state index in [-0.39, 0.29) is 11.5 Å². The summed E-state index contributed by atoms with van der Waals surface area (Å²) in [6.07, 6.45) is 4.62. The van der Waals surface area contributed by atoms with E-state index in [1.807, 2.05) is 39.1 Å². The van der Waals surface area contributed by atoms with Crippen molar-refractivity contribution in [1.29, 1.82) is 0 Å². The third-order valence-electron chi connectivity index (χ3n) is 4.27. The summed E-state index contributed by atoms with van der Waals surface area (Å²) in [5, 5.41) is 13.5. The molecule has 0 radical (unpaired) electrons. The van der Waals surface area contributed by atoms with Crippen molar-refractivity contribution in [1.82, 2.24) is 0 Å². The van der Waals surface area contributed by atoms with Crippen molar-refractivity contribution in [3.8, 4) is 11.5 Å². The molecule has 0 spiro atoms. The minimum atomic E-state index is -0.121. The second-order valence-electron chi connectivity index (χ2n) is 5.72. The molecular weight excluding hydrogens is 314 g/mol. The molecule has 132 valence electrons. The van der Waals surface area contributed by atoms with E-state index >= 15 is 0 Å². The number of phenols is 1. The number of rotatable bonds is 7. The maximum atomic E-state index is 12.4. The molecule has 0 atom stereocenters. The maximum absolute atomic E-state index is 12.4. The number of allylic oxidation sites excluding steroid dienone is 1. The van der Waals surface area contributed by atoms with Gasteiger partial charge in [0.2, 0.25) is 0 Å². The van der Waals surface area contributed by atoms with Gasteiger partial charge in [-0.3, -0.25) is 4.79 Å². The molecule has 0 aliphatic heterocycles. The van der Waals surface area contributed by atoms with Crippen molar-refractivity contribution in [2.75, 3.05) is 19.5 Å². The minimum absolute atomic E-state index is 0.121. The Kier molecular flexibility index (Phi) is 6.23. The zero-order chi connectivity index (χ0) is 18.4. The number of carbonyl (C=O) groups excluding carboxylic acids is 1. The number of carbonyl (C=O) groups is 1. The van der Waals surface area contributed by atoms with Crippen LogP contribution in [0.3, 0.4) is 0 Å². The van der Waals surface area contributed by atoms with Gasteiger partial charge in [-0.05, 0) is 66.5 Å². The molecule has 2 N–H and O–H groups in total. The van der Waals surface area contributed by atoms with Crippen molar-refractivity contribution >= 4 is 17.5 Å². The van der Waals surface area contributed by atoms with E-state index in [2.05, 4.69) is 5.32 Å². The minimum Gasteiger partial charge on any atom is -0.507 e. The van der Waals surface area contributed by atoms with Gasteiger partial charge in [0.25, 0.3) is 0 Å². The Morgan fingerprint density at radius 3 is 2.32 bits per heavy atom. The summed E-state index contributed by atoms with van der Waals surface area (Å²) >= 11 is 0. The lowest BCUT2D eigenvalue weighted by molar-refractivity contribution is 0.104. The summed E-state index contributed by atoms with van der Waals surface area (Å²) < 4.78 is 5.49. The van der Waals surface area contributed by atoms with Crippen LogP contribution in [0, 0.1) is 0 Å². The summed E-state index contributed by atoms with van der Waals surface area (Å²) in [5.74, 6) is 0.668. The monoisotopic (exact) mass is 339 g/mol. The molecule has 0 aliphatic carbocycles. The lowest BCUT2D eigenvalue weighted by atomic mass is 9.98. The lowest BCUT2D eigenvalue weighted by Crippen LogP contribution is -1.99. The van der Waals surface area contributed by atoms with E-state index < -0.39 is 0 Å². The van der Waals surface area contributed by atoms with Crippen LogP contribution in [0.2, 0.25) is 0 Å². The molecule has 0 aromatic heterocycles. The molecule has 4 heteroatoms. The van der Waals surface area contributed by atoms with Crippen LogP contribution in [-0.2, 0) is 12.8 Å². The highest BCUT2D eigenvalue weighted by Crippen LogP contribution is 2.36. The summed E-state index contributed by atoms with van der Waals surface area (Å²) in [6.45, 7) is 4.03. The third kappa shape index (κ3) is 4.02. The molecule has 4 nitrogen and oxygen atoms in total. The summed E-state index contributed by atoms with van der Waals surface area (Å²) in [7, 11) is 3.41. The summed E-state index contributed by atoms with van der Waals surface area (Å²) in [4.78, 5) is 12.4. The SMILES string of the molecule is CCc1cc(CC)c(OC)c(/C=C/C(=O)c2ccc(NC)cc2)c1O. The van der Waals surface area contributed by atoms with Crippen LogP contribution in [0.1, 0.15) is 40.9 Å². The number of ketones is 1. The van der Waals surface area contributed by atoms with Gasteiger partial charge in [-0.2, -0.15) is 0 Å². The van der Waals surface area contributed by atoms with E-state index in [1.165, 1.54) is 6.08 Å². The van der Waals surface area contributed by atoms with Crippen molar-refractivity contribution < 1.29 is 14.6 Å². The largest absolute Gasteiger partial charge is 0.507 e. The first-order valence-electron chi connectivity index (χ1n) is 8.47. The number of aryl methyl sites for hydroxylation is 2. The third-order valence-corrected chi connectivity index (χ3v) is 4.27. The van der Waals surface area contributed by atoms with Gasteiger partial charge in [-0.1, -0.05) is 13.8 Å². The number of methoxy groups -OCH3 is 1. The Bertz CT molecular complexity index is 777. The first-order chi connectivity index (χ1) is 12.0. The first kappa shape index (κ1) is 18.6. The Labute approximate surface area is 149 Å². The summed E-state index contributed by atoms with van der Waals surface area (Å²) in [6, 6.07) is 9.22. The number of phenolic OH excluding ortho intramolecular Hbond substituents is 1. The number of anilines is 1. The molecule has 2 aromatic rings. The Balaban J connectivity index is 2.40.